The third-order valence-electron chi connectivity index (χ3n) is 5.99. The average Bonchev–Trinajstić information content (AvgIpc) is 3.44. The van der Waals surface area contributed by atoms with Crippen LogP contribution in [0.25, 0.3) is 22.7 Å². The van der Waals surface area contributed by atoms with Crippen molar-refractivity contribution in [2.45, 2.75) is 43.8 Å². The lowest BCUT2D eigenvalue weighted by Gasteiger charge is -2.36. The van der Waals surface area contributed by atoms with Gasteiger partial charge in [0.1, 0.15) is 17.2 Å². The van der Waals surface area contributed by atoms with Gasteiger partial charge in [-0.2, -0.15) is 31.8 Å². The molecule has 2 aromatic heterocycles. The van der Waals surface area contributed by atoms with Crippen LogP contribution in [-0.2, 0) is 24.6 Å². The number of carbonyl (C=O) groups excluding carboxylic acids is 1. The van der Waals surface area contributed by atoms with Crippen molar-refractivity contribution in [3.63, 3.8) is 0 Å². The van der Waals surface area contributed by atoms with Crippen LogP contribution in [0.15, 0.2) is 46.2 Å². The maximum atomic E-state index is 15.0. The molecule has 11 nitrogen and oxygen atoms in total. The minimum atomic E-state index is -5.46. The van der Waals surface area contributed by atoms with Crippen LogP contribution in [0.5, 0.6) is 5.88 Å². The fourth-order valence-electron chi connectivity index (χ4n) is 3.91. The Morgan fingerprint density at radius 1 is 1.09 bits per heavy atom. The fraction of sp³-hybridized carbons (Fsp3) is 0.400. The lowest BCUT2D eigenvalue weighted by Crippen LogP contribution is -2.48. The third kappa shape index (κ3) is 7.68. The van der Waals surface area contributed by atoms with Gasteiger partial charge in [-0.05, 0) is 25.1 Å². The predicted octanol–water partition coefficient (Wildman–Crippen LogP) is 4.89. The number of hydroxylamine groups is 1. The second-order valence-electron chi connectivity index (χ2n) is 9.24. The number of methoxy groups -OCH3 is 1. The fourth-order valence-corrected chi connectivity index (χ4v) is 3.91. The first-order valence-electron chi connectivity index (χ1n) is 12.3. The van der Waals surface area contributed by atoms with E-state index in [-0.39, 0.29) is 22.9 Å². The summed E-state index contributed by atoms with van der Waals surface area (Å²) in [6.07, 6.45) is -10.7. The topological polar surface area (TPSA) is 130 Å². The number of ether oxygens (including phenoxy) is 3. The van der Waals surface area contributed by atoms with E-state index in [1.165, 1.54) is 30.0 Å². The summed E-state index contributed by atoms with van der Waals surface area (Å²) in [7, 11) is 1.56. The van der Waals surface area contributed by atoms with Crippen LogP contribution in [0, 0.1) is 5.82 Å². The largest absolute Gasteiger partial charge is 0.493 e. The first kappa shape index (κ1) is 31.5. The van der Waals surface area contributed by atoms with Crippen molar-refractivity contribution >= 4 is 12.0 Å². The van der Waals surface area contributed by atoms with Gasteiger partial charge in [-0.15, -0.1) is 0 Å². The summed E-state index contributed by atoms with van der Waals surface area (Å²) >= 11 is 0. The molecule has 2 atom stereocenters. The molecule has 4 rings (SSSR count). The quantitative estimate of drug-likeness (QED) is 0.211. The zero-order valence-electron chi connectivity index (χ0n) is 22.3. The second-order valence-corrected chi connectivity index (χ2v) is 9.24. The second kappa shape index (κ2) is 12.4. The number of halogens is 7. The molecule has 0 saturated carbocycles. The normalized spacial score (nSPS) is 18.9. The molecule has 3 aromatic rings. The number of nitrogens with zero attached hydrogens (tertiary/aromatic N) is 4. The Kier molecular flexibility index (Phi) is 9.07. The van der Waals surface area contributed by atoms with Crippen molar-refractivity contribution in [3.05, 3.63) is 48.0 Å². The molecule has 3 heterocycles. The summed E-state index contributed by atoms with van der Waals surface area (Å²) < 4.78 is 114. The van der Waals surface area contributed by atoms with Crippen LogP contribution in [0.2, 0.25) is 0 Å². The van der Waals surface area contributed by atoms with Gasteiger partial charge in [0.25, 0.3) is 0 Å². The number of benzene rings is 1. The zero-order valence-corrected chi connectivity index (χ0v) is 22.3. The molecular weight excluding hydrogens is 599 g/mol. The van der Waals surface area contributed by atoms with Crippen molar-refractivity contribution in [2.24, 2.45) is 4.99 Å². The molecule has 232 valence electrons. The smallest absolute Gasteiger partial charge is 0.476 e. The number of hydrogen-bond acceptors (Lipinski definition) is 11. The molecule has 0 amide bonds. The number of hydrogen-bond donors (Lipinski definition) is 1. The summed E-state index contributed by atoms with van der Waals surface area (Å²) in [6.45, 7) is 1.97. The molecule has 1 aliphatic heterocycles. The standard InChI is InChI=1S/C25H22F7N5O6/c1-23(10-19(24(27,28)29)41-22(35-23)37-43-21(38)25(30,31)32)14-8-13(4-5-15(14)26)18-9-16(36-42-18)17-11-34-20(12-33-17)40-7-3-6-39-2/h4-5,8-9,11-12,19H,3,6-7,10H2,1-2H3,(H,35,37)/t19-,23-/m0/s1. The first-order chi connectivity index (χ1) is 20.2. The monoisotopic (exact) mass is 621 g/mol. The van der Waals surface area contributed by atoms with Gasteiger partial charge < -0.3 is 23.6 Å². The molecular formula is C25H22F7N5O6. The first-order valence-corrected chi connectivity index (χ1v) is 12.3. The Labute approximate surface area is 237 Å². The summed E-state index contributed by atoms with van der Waals surface area (Å²) in [4.78, 5) is 26.9. The maximum absolute atomic E-state index is 15.0. The van der Waals surface area contributed by atoms with E-state index in [1.54, 1.807) is 7.11 Å². The van der Waals surface area contributed by atoms with Crippen LogP contribution < -0.4 is 10.2 Å². The Morgan fingerprint density at radius 3 is 2.51 bits per heavy atom. The van der Waals surface area contributed by atoms with E-state index < -0.39 is 53.8 Å². The van der Waals surface area contributed by atoms with Gasteiger partial charge in [0.2, 0.25) is 5.88 Å². The lowest BCUT2D eigenvalue weighted by atomic mass is 9.84. The molecule has 0 saturated heterocycles. The van der Waals surface area contributed by atoms with E-state index in [4.69, 9.17) is 14.0 Å². The van der Waals surface area contributed by atoms with Gasteiger partial charge in [-0.25, -0.2) is 24.1 Å². The van der Waals surface area contributed by atoms with E-state index in [0.29, 0.717) is 25.3 Å². The lowest BCUT2D eigenvalue weighted by molar-refractivity contribution is -0.215. The van der Waals surface area contributed by atoms with E-state index in [1.807, 2.05) is 0 Å². The molecule has 0 spiro atoms. The summed E-state index contributed by atoms with van der Waals surface area (Å²) in [5.74, 6) is -3.42. The number of aliphatic imine (C=N–C) groups is 1. The van der Waals surface area contributed by atoms with Gasteiger partial charge in [0.15, 0.2) is 11.9 Å². The van der Waals surface area contributed by atoms with Crippen molar-refractivity contribution in [1.82, 2.24) is 20.6 Å². The third-order valence-corrected chi connectivity index (χ3v) is 5.99. The average molecular weight is 621 g/mol. The molecule has 43 heavy (non-hydrogen) atoms. The van der Waals surface area contributed by atoms with E-state index >= 15 is 4.39 Å². The number of amidine groups is 1. The number of aromatic nitrogens is 3. The molecule has 1 aliphatic rings. The Morgan fingerprint density at radius 2 is 1.86 bits per heavy atom. The molecule has 0 radical (unpaired) electrons. The number of rotatable bonds is 8. The number of carbonyl (C=O) groups is 1. The van der Waals surface area contributed by atoms with E-state index in [9.17, 15) is 31.1 Å². The highest BCUT2D eigenvalue weighted by Gasteiger charge is 2.51. The van der Waals surface area contributed by atoms with Gasteiger partial charge in [0, 0.05) is 43.8 Å². The number of nitrogens with one attached hydrogen (secondary N) is 1. The molecule has 1 aromatic carbocycles. The molecule has 0 unspecified atom stereocenters. The van der Waals surface area contributed by atoms with Crippen molar-refractivity contribution < 1.29 is 59.1 Å². The van der Waals surface area contributed by atoms with Crippen LogP contribution in [0.4, 0.5) is 30.7 Å². The molecule has 1 N–H and O–H groups in total. The Balaban J connectivity index is 1.59. The predicted molar refractivity (Wildman–Crippen MR) is 131 cm³/mol. The minimum Gasteiger partial charge on any atom is -0.476 e. The highest BCUT2D eigenvalue weighted by atomic mass is 19.4. The van der Waals surface area contributed by atoms with Crippen LogP contribution >= 0.6 is 0 Å². The Hall–Kier alpha value is -4.48. The Bertz CT molecular complexity index is 1460. The maximum Gasteiger partial charge on any atom is 0.493 e. The highest BCUT2D eigenvalue weighted by molar-refractivity contribution is 5.80. The van der Waals surface area contributed by atoms with Gasteiger partial charge in [-0.3, -0.25) is 0 Å². The van der Waals surface area contributed by atoms with Crippen molar-refractivity contribution in [3.8, 4) is 28.6 Å². The molecule has 0 aliphatic carbocycles. The summed E-state index contributed by atoms with van der Waals surface area (Å²) in [5, 5.41) is 3.90. The van der Waals surface area contributed by atoms with E-state index in [0.717, 1.165) is 19.1 Å². The van der Waals surface area contributed by atoms with Gasteiger partial charge in [0.05, 0.1) is 24.5 Å². The zero-order chi connectivity index (χ0) is 31.4. The van der Waals surface area contributed by atoms with Crippen LogP contribution in [0.1, 0.15) is 25.3 Å². The SMILES string of the molecule is COCCCOc1cnc(-c2cc(-c3ccc(F)c([C@]4(C)C[C@@H](C(F)(F)F)OC(NOC(=O)C(F)(F)F)=N4)c3)on2)cn1. The van der Waals surface area contributed by atoms with Gasteiger partial charge >= 0.3 is 24.3 Å². The van der Waals surface area contributed by atoms with Crippen molar-refractivity contribution in [1.29, 1.82) is 0 Å². The van der Waals surface area contributed by atoms with Gasteiger partial charge in [-0.1, -0.05) is 5.16 Å². The molecule has 0 bridgehead atoms. The summed E-state index contributed by atoms with van der Waals surface area (Å²) in [5.41, 5.74) is -0.416. The minimum absolute atomic E-state index is 0.0717. The summed E-state index contributed by atoms with van der Waals surface area (Å²) in [6, 6.07) is 3.56. The molecule has 18 heteroatoms. The highest BCUT2D eigenvalue weighted by Crippen LogP contribution is 2.42. The van der Waals surface area contributed by atoms with E-state index in [2.05, 4.69) is 29.7 Å². The molecule has 0 fully saturated rings. The van der Waals surface area contributed by atoms with Crippen LogP contribution in [0.3, 0.4) is 0 Å². The van der Waals surface area contributed by atoms with Crippen LogP contribution in [-0.4, -0.2) is 65.9 Å². The van der Waals surface area contributed by atoms with Crippen molar-refractivity contribution in [2.75, 3.05) is 20.3 Å². The number of alkyl halides is 6.